The third kappa shape index (κ3) is 20.6. The van der Waals surface area contributed by atoms with Crippen molar-refractivity contribution in [2.75, 3.05) is 0 Å². The Morgan fingerprint density at radius 3 is 1.18 bits per heavy atom. The summed E-state index contributed by atoms with van der Waals surface area (Å²) in [5.74, 6) is -0.614. The SMILES string of the molecule is N#CCC(C1C(O)CCC1O)n1cc(-c2ncnc3[nH]ccc23)cn1.N#CCC(C1CC(O)CC1O)n1cc(-c2ncnc3[nH]ccc23)cn1.N#CCC(C1CCCC1O)n1[nH]cc(-c2ncnc3[nH]ccc23)c1=O.N#CCC(C1CCCC1O)n1cc(-c2ncnc3[nH]cc(O)c23)cn1.N#CCC(C1CCCC1O)n1cc(-c2ncnc3[nH]ccc23)c(=O)[nH]1.N#CCC(n1[nH]cc(-c2ncnc3[nH]ccc23)c1=O)C1(O)CCCC1. The molecule has 17 unspecified atom stereocenters. The molecule has 0 bridgehead atoms. The van der Waals surface area contributed by atoms with E-state index in [4.69, 9.17) is 0 Å². The second-order valence-corrected chi connectivity index (χ2v) is 38.6. The number of hydrogen-bond acceptors (Lipinski definition) is 33. The van der Waals surface area contributed by atoms with Crippen molar-refractivity contribution >= 4 is 66.2 Å². The first kappa shape index (κ1) is 101. The molecule has 0 radical (unpaired) electrons. The van der Waals surface area contributed by atoms with Crippen LogP contribution < -0.4 is 16.7 Å². The Bertz CT molecular complexity index is 8150. The van der Waals surface area contributed by atoms with E-state index < -0.39 is 60.3 Å². The average molecular weight is 2030 g/mol. The van der Waals surface area contributed by atoms with Gasteiger partial charge >= 0.3 is 0 Å². The van der Waals surface area contributed by atoms with Crippen LogP contribution in [0.1, 0.15) is 184 Å². The molecule has 18 aromatic heterocycles. The molecule has 18 aromatic rings. The van der Waals surface area contributed by atoms with Crippen molar-refractivity contribution in [3.05, 3.63) is 192 Å². The highest BCUT2D eigenvalue weighted by Gasteiger charge is 2.45. The smallest absolute Gasteiger partial charge is 0.276 e. The van der Waals surface area contributed by atoms with Gasteiger partial charge in [-0.15, -0.1) is 0 Å². The number of nitrogens with zero attached hydrogens (tertiary/aromatic N) is 27. The summed E-state index contributed by atoms with van der Waals surface area (Å²) in [7, 11) is 0. The van der Waals surface area contributed by atoms with Crippen molar-refractivity contribution in [3.63, 3.8) is 0 Å². The highest BCUT2D eigenvalue weighted by Crippen LogP contribution is 2.46. The molecule has 0 aliphatic heterocycles. The molecule has 17 atom stereocenters. The van der Waals surface area contributed by atoms with Gasteiger partial charge in [0.25, 0.3) is 16.7 Å². The number of aromatic amines is 9. The van der Waals surface area contributed by atoms with Gasteiger partial charge in [0.1, 0.15) is 77.6 Å². The summed E-state index contributed by atoms with van der Waals surface area (Å²) in [6, 6.07) is 20.2. The molecule has 6 aliphatic rings. The maximum atomic E-state index is 13.0. The number of aliphatic hydroxyl groups is 8. The molecule has 18 N–H and O–H groups in total. The maximum absolute atomic E-state index is 13.0. The van der Waals surface area contributed by atoms with Crippen molar-refractivity contribution in [1.29, 1.82) is 31.6 Å². The van der Waals surface area contributed by atoms with Gasteiger partial charge in [-0.05, 0) is 107 Å². The first-order valence-electron chi connectivity index (χ1n) is 49.8. The Hall–Kier alpha value is -17.2. The Kier molecular flexibility index (Phi) is 30.4. The van der Waals surface area contributed by atoms with Gasteiger partial charge in [0.2, 0.25) is 0 Å². The van der Waals surface area contributed by atoms with Gasteiger partial charge < -0.3 is 86.1 Å². The van der Waals surface area contributed by atoms with Crippen LogP contribution in [0.2, 0.25) is 0 Å². The topological polar surface area (TPSA) is 741 Å². The number of aliphatic hydroxyl groups excluding tert-OH is 7. The Morgan fingerprint density at radius 1 is 0.367 bits per heavy atom. The van der Waals surface area contributed by atoms with Gasteiger partial charge in [0.05, 0.1) is 234 Å². The predicted molar refractivity (Wildman–Crippen MR) is 539 cm³/mol. The molecule has 48 nitrogen and oxygen atoms in total. The molecule has 768 valence electrons. The van der Waals surface area contributed by atoms with Crippen molar-refractivity contribution in [3.8, 4) is 110 Å². The van der Waals surface area contributed by atoms with E-state index in [1.54, 1.807) is 80.7 Å². The lowest BCUT2D eigenvalue weighted by Crippen LogP contribution is -2.41. The number of H-pyrrole nitrogens is 9. The molecular formula is C102H108N36O12. The number of hydrogen-bond donors (Lipinski definition) is 18. The summed E-state index contributed by atoms with van der Waals surface area (Å²) >= 11 is 0. The summed E-state index contributed by atoms with van der Waals surface area (Å²) in [5.41, 5.74) is 9.55. The number of rotatable bonds is 24. The normalized spacial score (nSPS) is 21.8. The van der Waals surface area contributed by atoms with Crippen LogP contribution in [0, 0.1) is 97.6 Å². The lowest BCUT2D eigenvalue weighted by atomic mass is 9.90. The van der Waals surface area contributed by atoms with Gasteiger partial charge in [-0.25, -0.2) is 69.2 Å². The molecule has 6 fully saturated rings. The fraction of sp³-hybridized carbons (Fsp3) is 0.412. The zero-order valence-electron chi connectivity index (χ0n) is 81.0. The molecule has 48 heteroatoms. The highest BCUT2D eigenvalue weighted by atomic mass is 16.3. The first-order valence-corrected chi connectivity index (χ1v) is 49.8. The largest absolute Gasteiger partial charge is 0.506 e. The van der Waals surface area contributed by atoms with Crippen LogP contribution in [0.4, 0.5) is 0 Å². The van der Waals surface area contributed by atoms with Gasteiger partial charge in [0, 0.05) is 148 Å². The molecule has 24 rings (SSSR count). The second kappa shape index (κ2) is 45.0. The van der Waals surface area contributed by atoms with E-state index in [0.29, 0.717) is 112 Å². The first-order chi connectivity index (χ1) is 73.1. The van der Waals surface area contributed by atoms with E-state index >= 15 is 0 Å². The van der Waals surface area contributed by atoms with Crippen LogP contribution in [0.25, 0.3) is 134 Å². The molecule has 150 heavy (non-hydrogen) atoms. The number of nitrogens with one attached hydrogen (secondary N) is 9. The summed E-state index contributed by atoms with van der Waals surface area (Å²) in [6.07, 6.45) is 44.3. The van der Waals surface area contributed by atoms with Gasteiger partial charge in [-0.2, -0.15) is 46.9 Å². The van der Waals surface area contributed by atoms with Crippen molar-refractivity contribution in [1.82, 2.24) is 148 Å². The lowest BCUT2D eigenvalue weighted by Gasteiger charge is -2.31. The zero-order chi connectivity index (χ0) is 104. The monoisotopic (exact) mass is 2030 g/mol. The van der Waals surface area contributed by atoms with E-state index in [1.807, 2.05) is 55.1 Å². The minimum Gasteiger partial charge on any atom is -0.506 e. The molecule has 6 aliphatic carbocycles. The molecule has 0 spiro atoms. The Labute approximate surface area is 851 Å². The quantitative estimate of drug-likeness (QED) is 0.0267. The van der Waals surface area contributed by atoms with Crippen LogP contribution in [0.5, 0.6) is 5.75 Å². The standard InChI is InChI=1S/6C17H18N6O2/c18-3-1-14(13-5-11(24)6-15(13)25)23-8-10(7-22-23)16-12-2-4-19-17(12)21-9-20-16;18-5-3-12(15-13(24)1-2-14(15)25)23-8-10(7-22-23)16-11-4-6-19-17(11)21-9-20-16;18-7-3-13(17(25)5-1-2-6-17)23-16(24)12(9-22-23)14-11-4-8-19-15(11)21-10-20-14;18-6-4-13(10-2-1-3-14(10)24)23-8-12(17(25)22-23)15-11-5-7-19-16(11)21-9-20-15;18-6-4-13(10-2-1-3-14(10)24)23-17(25)12(8-22-23)15-11-5-7-19-16(11)21-9-20-15;18-5-4-12(11-2-1-3-13(11)24)23-8-10(6-22-23)16-15-14(25)7-19-17(15)21-9-20-16/h2,4,7-9,11,13-15,24-25H,1,5-6H2,(H,19,20,21);4,6-9,12-15,24-25H,1-3H2,(H,19,20,21);4,8-10,13,22,25H,1-3,5-6H2,(H,19,20,21);5,7-10,13-14,24H,1-4H2,(H,22,25)(H,19,20,21);5,7-10,13-14,22,24H,1-4H2,(H,19,20,21);6-9,11-13,24-25H,1-4H2,(H,19,20,21). The van der Waals surface area contributed by atoms with E-state index in [0.717, 1.165) is 131 Å². The number of aromatic nitrogens is 30. The molecular weight excluding hydrogens is 1920 g/mol. The van der Waals surface area contributed by atoms with E-state index in [1.165, 1.54) is 53.5 Å². The minimum atomic E-state index is -1.03. The number of nitriles is 6. The van der Waals surface area contributed by atoms with Crippen LogP contribution in [-0.4, -0.2) is 243 Å². The highest BCUT2D eigenvalue weighted by molar-refractivity contribution is 5.96. The van der Waals surface area contributed by atoms with Crippen LogP contribution >= 0.6 is 0 Å². The average Bonchev–Trinajstić information content (AvgIpc) is 1.62. The third-order valence-electron chi connectivity index (χ3n) is 30.1. The molecule has 18 heterocycles. The molecule has 0 aromatic carbocycles. The summed E-state index contributed by atoms with van der Waals surface area (Å²) < 4.78 is 9.64. The summed E-state index contributed by atoms with van der Waals surface area (Å²) in [5, 5.41) is 174. The van der Waals surface area contributed by atoms with Gasteiger partial charge in [0.15, 0.2) is 0 Å². The lowest BCUT2D eigenvalue weighted by molar-refractivity contribution is -0.0102. The fourth-order valence-corrected chi connectivity index (χ4v) is 22.7. The van der Waals surface area contributed by atoms with E-state index in [9.17, 15) is 91.9 Å². The van der Waals surface area contributed by atoms with E-state index in [2.05, 4.69) is 157 Å². The number of fused-ring (bicyclic) bond motifs is 6. The zero-order valence-corrected chi connectivity index (χ0v) is 81.0. The van der Waals surface area contributed by atoms with E-state index in [-0.39, 0.29) is 115 Å². The molecule has 0 saturated heterocycles. The predicted octanol–water partition coefficient (Wildman–Crippen LogP) is 10.3. The maximum Gasteiger partial charge on any atom is 0.276 e. The third-order valence-corrected chi connectivity index (χ3v) is 30.1. The second-order valence-electron chi connectivity index (χ2n) is 38.6. The summed E-state index contributed by atoms with van der Waals surface area (Å²) in [6.45, 7) is 0. The minimum absolute atomic E-state index is 0.0264. The fourth-order valence-electron chi connectivity index (χ4n) is 22.7. The van der Waals surface area contributed by atoms with Crippen molar-refractivity contribution < 1.29 is 46.0 Å². The Balaban J connectivity index is 0.000000113. The molecule has 0 amide bonds. The summed E-state index contributed by atoms with van der Waals surface area (Å²) in [4.78, 5) is 107. The van der Waals surface area contributed by atoms with Gasteiger partial charge in [-0.1, -0.05) is 32.1 Å². The molecule has 6 saturated carbocycles. The van der Waals surface area contributed by atoms with Crippen LogP contribution in [0.15, 0.2) is 176 Å². The van der Waals surface area contributed by atoms with Crippen molar-refractivity contribution in [2.24, 2.45) is 29.6 Å². The van der Waals surface area contributed by atoms with Crippen LogP contribution in [-0.2, 0) is 0 Å². The van der Waals surface area contributed by atoms with Crippen LogP contribution in [0.3, 0.4) is 0 Å². The van der Waals surface area contributed by atoms with Crippen molar-refractivity contribution in [2.45, 2.75) is 232 Å². The van der Waals surface area contributed by atoms with Gasteiger partial charge in [-0.3, -0.25) is 38.2 Å². The Morgan fingerprint density at radius 2 is 0.740 bits per heavy atom. The number of aromatic hydroxyl groups is 1.